The fourth-order valence-corrected chi connectivity index (χ4v) is 3.74. The maximum atomic E-state index is 12.5. The van der Waals surface area contributed by atoms with Gasteiger partial charge in [-0.2, -0.15) is 4.31 Å². The number of aryl methyl sites for hydroxylation is 1. The molecule has 1 aromatic rings. The van der Waals surface area contributed by atoms with Gasteiger partial charge in [-0.25, -0.2) is 8.42 Å². The van der Waals surface area contributed by atoms with Crippen molar-refractivity contribution in [1.29, 1.82) is 0 Å². The Balaban J connectivity index is 1.94. The summed E-state index contributed by atoms with van der Waals surface area (Å²) >= 11 is 0. The van der Waals surface area contributed by atoms with Gasteiger partial charge in [0.2, 0.25) is 10.0 Å². The smallest absolute Gasteiger partial charge is 0.242 e. The summed E-state index contributed by atoms with van der Waals surface area (Å²) < 4.78 is 26.2. The van der Waals surface area contributed by atoms with Gasteiger partial charge in [0.05, 0.1) is 11.0 Å². The second-order valence-electron chi connectivity index (χ2n) is 5.80. The van der Waals surface area contributed by atoms with E-state index in [1.165, 1.54) is 11.4 Å². The lowest BCUT2D eigenvalue weighted by Crippen LogP contribution is -2.48. The Kier molecular flexibility index (Phi) is 5.94. The molecule has 124 valence electrons. The molecule has 0 saturated carbocycles. The normalized spacial score (nSPS) is 18.5. The van der Waals surface area contributed by atoms with Gasteiger partial charge in [0.15, 0.2) is 0 Å². The van der Waals surface area contributed by atoms with Crippen LogP contribution in [0.2, 0.25) is 0 Å². The minimum atomic E-state index is -3.55. The van der Waals surface area contributed by atoms with Crippen LogP contribution in [0.15, 0.2) is 29.2 Å². The number of nitrogens with one attached hydrogen (secondary N) is 1. The SMILES string of the molecule is Cc1ccc(S(=O)(=O)N(C)CC(O)CN2CCNCC2)cc1. The van der Waals surface area contributed by atoms with Crippen LogP contribution >= 0.6 is 0 Å². The van der Waals surface area contributed by atoms with Crippen molar-refractivity contribution in [1.82, 2.24) is 14.5 Å². The van der Waals surface area contributed by atoms with Gasteiger partial charge < -0.3 is 10.4 Å². The fourth-order valence-electron chi connectivity index (χ4n) is 2.53. The van der Waals surface area contributed by atoms with Crippen LogP contribution in [0.1, 0.15) is 5.56 Å². The standard InChI is InChI=1S/C15H25N3O3S/c1-13-3-5-15(6-4-13)22(20,21)17(2)11-14(19)12-18-9-7-16-8-10-18/h3-6,14,16,19H,7-12H2,1-2H3. The molecule has 0 radical (unpaired) electrons. The summed E-state index contributed by atoms with van der Waals surface area (Å²) in [6.45, 7) is 6.08. The molecule has 0 aromatic heterocycles. The number of aliphatic hydroxyl groups excluding tert-OH is 1. The number of β-amino-alcohol motifs (C(OH)–C–C–N with tert-alkyl or cyclic N) is 1. The van der Waals surface area contributed by atoms with Crippen LogP contribution in [0.3, 0.4) is 0 Å². The molecular weight excluding hydrogens is 302 g/mol. The van der Waals surface area contributed by atoms with Gasteiger partial charge in [0.1, 0.15) is 0 Å². The molecule has 2 N–H and O–H groups in total. The number of hydrogen-bond acceptors (Lipinski definition) is 5. The molecule has 1 aliphatic heterocycles. The van der Waals surface area contributed by atoms with E-state index in [-0.39, 0.29) is 11.4 Å². The summed E-state index contributed by atoms with van der Waals surface area (Å²) in [6, 6.07) is 6.75. The van der Waals surface area contributed by atoms with Crippen molar-refractivity contribution in [3.05, 3.63) is 29.8 Å². The highest BCUT2D eigenvalue weighted by Crippen LogP contribution is 2.15. The zero-order valence-corrected chi connectivity index (χ0v) is 14.0. The highest BCUT2D eigenvalue weighted by molar-refractivity contribution is 7.89. The van der Waals surface area contributed by atoms with Crippen LogP contribution in [-0.2, 0) is 10.0 Å². The average Bonchev–Trinajstić information content (AvgIpc) is 2.48. The Morgan fingerprint density at radius 2 is 1.86 bits per heavy atom. The molecule has 1 saturated heterocycles. The molecule has 1 unspecified atom stereocenters. The quantitative estimate of drug-likeness (QED) is 0.762. The molecule has 0 aliphatic carbocycles. The van der Waals surface area contributed by atoms with Crippen LogP contribution < -0.4 is 5.32 Å². The Morgan fingerprint density at radius 3 is 2.45 bits per heavy atom. The van der Waals surface area contributed by atoms with Gasteiger partial charge >= 0.3 is 0 Å². The van der Waals surface area contributed by atoms with Gasteiger partial charge in [-0.3, -0.25) is 4.90 Å². The number of piperazine rings is 1. The summed E-state index contributed by atoms with van der Waals surface area (Å²) in [5.74, 6) is 0. The van der Waals surface area contributed by atoms with Crippen molar-refractivity contribution >= 4 is 10.0 Å². The van der Waals surface area contributed by atoms with Crippen molar-refractivity contribution in [2.24, 2.45) is 0 Å². The van der Waals surface area contributed by atoms with E-state index in [1.54, 1.807) is 24.3 Å². The topological polar surface area (TPSA) is 72.9 Å². The van der Waals surface area contributed by atoms with Gasteiger partial charge in [0.25, 0.3) is 0 Å². The van der Waals surface area contributed by atoms with E-state index in [2.05, 4.69) is 10.2 Å². The number of aliphatic hydroxyl groups is 1. The third-order valence-electron chi connectivity index (χ3n) is 3.88. The number of nitrogens with zero attached hydrogens (tertiary/aromatic N) is 2. The number of rotatable bonds is 6. The molecule has 1 atom stereocenters. The zero-order chi connectivity index (χ0) is 16.2. The van der Waals surface area contributed by atoms with Crippen LogP contribution in [0.4, 0.5) is 0 Å². The Hall–Kier alpha value is -0.990. The van der Waals surface area contributed by atoms with Crippen molar-refractivity contribution in [2.75, 3.05) is 46.3 Å². The van der Waals surface area contributed by atoms with E-state index >= 15 is 0 Å². The molecule has 22 heavy (non-hydrogen) atoms. The number of benzene rings is 1. The summed E-state index contributed by atoms with van der Waals surface area (Å²) in [4.78, 5) is 2.41. The summed E-state index contributed by atoms with van der Waals surface area (Å²) in [5.41, 5.74) is 1.01. The van der Waals surface area contributed by atoms with Gasteiger partial charge in [-0.1, -0.05) is 17.7 Å². The predicted octanol–water partition coefficient (Wildman–Crippen LogP) is -0.118. The molecule has 7 heteroatoms. The van der Waals surface area contributed by atoms with E-state index in [0.717, 1.165) is 31.7 Å². The van der Waals surface area contributed by atoms with Gasteiger partial charge in [-0.15, -0.1) is 0 Å². The average molecular weight is 327 g/mol. The molecule has 6 nitrogen and oxygen atoms in total. The second kappa shape index (κ2) is 7.52. The van der Waals surface area contributed by atoms with E-state index in [0.29, 0.717) is 6.54 Å². The lowest BCUT2D eigenvalue weighted by molar-refractivity contribution is 0.0927. The predicted molar refractivity (Wildman–Crippen MR) is 86.3 cm³/mol. The zero-order valence-electron chi connectivity index (χ0n) is 13.2. The van der Waals surface area contributed by atoms with Crippen molar-refractivity contribution in [3.8, 4) is 0 Å². The minimum absolute atomic E-state index is 0.0974. The summed E-state index contributed by atoms with van der Waals surface area (Å²) in [7, 11) is -2.04. The molecule has 1 aromatic carbocycles. The monoisotopic (exact) mass is 327 g/mol. The first kappa shape index (κ1) is 17.4. The number of hydrogen-bond donors (Lipinski definition) is 2. The van der Waals surface area contributed by atoms with Crippen molar-refractivity contribution in [2.45, 2.75) is 17.9 Å². The van der Waals surface area contributed by atoms with Gasteiger partial charge in [-0.05, 0) is 19.1 Å². The van der Waals surface area contributed by atoms with E-state index < -0.39 is 16.1 Å². The largest absolute Gasteiger partial charge is 0.390 e. The first-order valence-electron chi connectivity index (χ1n) is 7.54. The third kappa shape index (κ3) is 4.50. The molecule has 1 fully saturated rings. The molecule has 0 bridgehead atoms. The molecular formula is C15H25N3O3S. The first-order chi connectivity index (χ1) is 10.4. The van der Waals surface area contributed by atoms with Crippen LogP contribution in [-0.4, -0.2) is 75.1 Å². The van der Waals surface area contributed by atoms with Crippen molar-refractivity contribution in [3.63, 3.8) is 0 Å². The molecule has 1 heterocycles. The highest BCUT2D eigenvalue weighted by Gasteiger charge is 2.24. The Labute approximate surface area is 132 Å². The minimum Gasteiger partial charge on any atom is -0.390 e. The lowest BCUT2D eigenvalue weighted by atomic mass is 10.2. The molecule has 2 rings (SSSR count). The van der Waals surface area contributed by atoms with E-state index in [4.69, 9.17) is 0 Å². The van der Waals surface area contributed by atoms with Crippen LogP contribution in [0.5, 0.6) is 0 Å². The second-order valence-corrected chi connectivity index (χ2v) is 7.85. The summed E-state index contributed by atoms with van der Waals surface area (Å²) in [6.07, 6.45) is -0.691. The van der Waals surface area contributed by atoms with E-state index in [9.17, 15) is 13.5 Å². The van der Waals surface area contributed by atoms with Crippen LogP contribution in [0, 0.1) is 6.92 Å². The molecule has 0 spiro atoms. The highest BCUT2D eigenvalue weighted by atomic mass is 32.2. The Bertz CT molecular complexity index is 568. The third-order valence-corrected chi connectivity index (χ3v) is 5.71. The fraction of sp³-hybridized carbons (Fsp3) is 0.600. The maximum Gasteiger partial charge on any atom is 0.242 e. The van der Waals surface area contributed by atoms with E-state index in [1.807, 2.05) is 6.92 Å². The first-order valence-corrected chi connectivity index (χ1v) is 8.98. The van der Waals surface area contributed by atoms with Crippen LogP contribution in [0.25, 0.3) is 0 Å². The summed E-state index contributed by atoms with van der Waals surface area (Å²) in [5, 5.41) is 13.4. The molecule has 1 aliphatic rings. The maximum absolute atomic E-state index is 12.5. The Morgan fingerprint density at radius 1 is 1.27 bits per heavy atom. The van der Waals surface area contributed by atoms with Crippen molar-refractivity contribution < 1.29 is 13.5 Å². The number of likely N-dealkylation sites (N-methyl/N-ethyl adjacent to an activating group) is 1. The van der Waals surface area contributed by atoms with Gasteiger partial charge in [0, 0.05) is 46.3 Å². The lowest BCUT2D eigenvalue weighted by Gasteiger charge is -2.30. The molecule has 0 amide bonds. The number of sulfonamides is 1.